The van der Waals surface area contributed by atoms with Gasteiger partial charge in [-0.2, -0.15) is 0 Å². The Hall–Kier alpha value is -3.13. The smallest absolute Gasteiger partial charge is 0.274 e. The molecule has 0 fully saturated rings. The number of hydrogen-bond acceptors (Lipinski definition) is 5. The standard InChI is InChI=1S/C17H17ClN4O4/c1-10-3-5-13(8-16(10)22(25)26)21-17(24)9-19-15-7-12(18)4-6-14(15)20-11(2)23/h3-8,19H,9H2,1-2H3,(H,20,23)(H,21,24). The monoisotopic (exact) mass is 376 g/mol. The van der Waals surface area contributed by atoms with Gasteiger partial charge >= 0.3 is 0 Å². The minimum absolute atomic E-state index is 0.0708. The largest absolute Gasteiger partial charge is 0.374 e. The molecule has 3 N–H and O–H groups in total. The van der Waals surface area contributed by atoms with Gasteiger partial charge in [0.15, 0.2) is 0 Å². The summed E-state index contributed by atoms with van der Waals surface area (Å²) in [6.45, 7) is 2.87. The Morgan fingerprint density at radius 2 is 1.85 bits per heavy atom. The predicted octanol–water partition coefficient (Wildman–Crippen LogP) is 3.57. The first-order valence-electron chi connectivity index (χ1n) is 7.62. The molecule has 0 aromatic heterocycles. The number of hydrogen-bond donors (Lipinski definition) is 3. The van der Waals surface area contributed by atoms with Crippen LogP contribution in [-0.4, -0.2) is 23.3 Å². The average Bonchev–Trinajstić information content (AvgIpc) is 2.56. The number of benzene rings is 2. The van der Waals surface area contributed by atoms with Crippen LogP contribution in [0.2, 0.25) is 5.02 Å². The Bertz CT molecular complexity index is 870. The SMILES string of the molecule is CC(=O)Nc1ccc(Cl)cc1NCC(=O)Nc1ccc(C)c([N+](=O)[O-])c1. The Morgan fingerprint density at radius 3 is 2.50 bits per heavy atom. The quantitative estimate of drug-likeness (QED) is 0.527. The van der Waals surface area contributed by atoms with Crippen LogP contribution in [0, 0.1) is 17.0 Å². The normalized spacial score (nSPS) is 10.1. The maximum absolute atomic E-state index is 12.1. The summed E-state index contributed by atoms with van der Waals surface area (Å²) < 4.78 is 0. The molecule has 0 heterocycles. The van der Waals surface area contributed by atoms with E-state index >= 15 is 0 Å². The molecule has 0 aliphatic heterocycles. The van der Waals surface area contributed by atoms with Gasteiger partial charge in [-0.15, -0.1) is 0 Å². The van der Waals surface area contributed by atoms with Crippen molar-refractivity contribution < 1.29 is 14.5 Å². The molecule has 2 amide bonds. The predicted molar refractivity (Wildman–Crippen MR) is 101 cm³/mol. The van der Waals surface area contributed by atoms with Crippen molar-refractivity contribution in [1.82, 2.24) is 0 Å². The summed E-state index contributed by atoms with van der Waals surface area (Å²) in [7, 11) is 0. The van der Waals surface area contributed by atoms with Crippen LogP contribution in [-0.2, 0) is 9.59 Å². The van der Waals surface area contributed by atoms with E-state index in [2.05, 4.69) is 16.0 Å². The summed E-state index contributed by atoms with van der Waals surface area (Å²) in [4.78, 5) is 33.8. The second-order valence-electron chi connectivity index (χ2n) is 5.53. The highest BCUT2D eigenvalue weighted by molar-refractivity contribution is 6.31. The molecule has 2 rings (SSSR count). The van der Waals surface area contributed by atoms with Gasteiger partial charge < -0.3 is 16.0 Å². The summed E-state index contributed by atoms with van der Waals surface area (Å²) >= 11 is 5.94. The molecule has 2 aromatic rings. The van der Waals surface area contributed by atoms with Gasteiger partial charge in [0, 0.05) is 29.3 Å². The first-order valence-corrected chi connectivity index (χ1v) is 8.00. The second-order valence-corrected chi connectivity index (χ2v) is 5.97. The van der Waals surface area contributed by atoms with Crippen molar-refractivity contribution in [2.75, 3.05) is 22.5 Å². The number of halogens is 1. The lowest BCUT2D eigenvalue weighted by Gasteiger charge is -2.13. The summed E-state index contributed by atoms with van der Waals surface area (Å²) in [6.07, 6.45) is 0. The van der Waals surface area contributed by atoms with Crippen molar-refractivity contribution in [2.45, 2.75) is 13.8 Å². The van der Waals surface area contributed by atoms with E-state index in [1.165, 1.54) is 13.0 Å². The zero-order valence-electron chi connectivity index (χ0n) is 14.1. The van der Waals surface area contributed by atoms with Gasteiger partial charge in [0.05, 0.1) is 22.8 Å². The fourth-order valence-electron chi connectivity index (χ4n) is 2.23. The lowest BCUT2D eigenvalue weighted by molar-refractivity contribution is -0.385. The number of nitrogens with one attached hydrogen (secondary N) is 3. The van der Waals surface area contributed by atoms with Gasteiger partial charge in [-0.05, 0) is 31.2 Å². The maximum Gasteiger partial charge on any atom is 0.274 e. The lowest BCUT2D eigenvalue weighted by Crippen LogP contribution is -2.22. The number of rotatable bonds is 6. The van der Waals surface area contributed by atoms with Gasteiger partial charge in [-0.3, -0.25) is 19.7 Å². The van der Waals surface area contributed by atoms with Gasteiger partial charge in [0.2, 0.25) is 11.8 Å². The number of amides is 2. The molecule has 0 atom stereocenters. The first kappa shape index (κ1) is 19.2. The molecule has 0 radical (unpaired) electrons. The van der Waals surface area contributed by atoms with Crippen LogP contribution >= 0.6 is 11.6 Å². The highest BCUT2D eigenvalue weighted by Crippen LogP contribution is 2.26. The van der Waals surface area contributed by atoms with Crippen molar-refractivity contribution in [3.63, 3.8) is 0 Å². The van der Waals surface area contributed by atoms with Crippen LogP contribution in [0.1, 0.15) is 12.5 Å². The third-order valence-corrected chi connectivity index (χ3v) is 3.66. The van der Waals surface area contributed by atoms with E-state index < -0.39 is 10.8 Å². The zero-order valence-corrected chi connectivity index (χ0v) is 14.9. The number of nitro benzene ring substituents is 1. The number of nitrogens with zero attached hydrogens (tertiary/aromatic N) is 1. The number of aryl methyl sites for hydroxylation is 1. The van der Waals surface area contributed by atoms with E-state index in [1.807, 2.05) is 0 Å². The molecule has 26 heavy (non-hydrogen) atoms. The fraction of sp³-hybridized carbons (Fsp3) is 0.176. The van der Waals surface area contributed by atoms with Crippen LogP contribution in [0.15, 0.2) is 36.4 Å². The number of carbonyl (C=O) groups excluding carboxylic acids is 2. The van der Waals surface area contributed by atoms with Crippen molar-refractivity contribution >= 4 is 46.2 Å². The minimum Gasteiger partial charge on any atom is -0.374 e. The topological polar surface area (TPSA) is 113 Å². The van der Waals surface area contributed by atoms with Crippen LogP contribution in [0.5, 0.6) is 0 Å². The molecule has 136 valence electrons. The summed E-state index contributed by atoms with van der Waals surface area (Å²) in [5.74, 6) is -0.663. The van der Waals surface area contributed by atoms with E-state index in [9.17, 15) is 19.7 Å². The Kier molecular flexibility index (Phi) is 6.13. The molecular formula is C17H17ClN4O4. The van der Waals surface area contributed by atoms with Crippen LogP contribution in [0.25, 0.3) is 0 Å². The Balaban J connectivity index is 2.05. The van der Waals surface area contributed by atoms with Crippen molar-refractivity contribution in [2.24, 2.45) is 0 Å². The lowest BCUT2D eigenvalue weighted by atomic mass is 10.2. The molecule has 8 nitrogen and oxygen atoms in total. The summed E-state index contributed by atoms with van der Waals surface area (Å²) in [6, 6.07) is 9.26. The minimum atomic E-state index is -0.505. The van der Waals surface area contributed by atoms with E-state index in [0.717, 1.165) is 0 Å². The van der Waals surface area contributed by atoms with Crippen molar-refractivity contribution in [3.8, 4) is 0 Å². The third kappa shape index (κ3) is 5.18. The maximum atomic E-state index is 12.1. The molecule has 0 spiro atoms. The van der Waals surface area contributed by atoms with Gasteiger partial charge in [0.1, 0.15) is 0 Å². The number of carbonyl (C=O) groups is 2. The third-order valence-electron chi connectivity index (χ3n) is 3.42. The van der Waals surface area contributed by atoms with Gasteiger partial charge in [-0.25, -0.2) is 0 Å². The average molecular weight is 377 g/mol. The molecule has 0 aliphatic rings. The molecular weight excluding hydrogens is 360 g/mol. The van der Waals surface area contributed by atoms with E-state index in [-0.39, 0.29) is 18.1 Å². The first-order chi connectivity index (χ1) is 12.3. The van der Waals surface area contributed by atoms with Crippen molar-refractivity contribution in [1.29, 1.82) is 0 Å². The van der Waals surface area contributed by atoms with Gasteiger partial charge in [0.25, 0.3) is 5.69 Å². The summed E-state index contributed by atoms with van der Waals surface area (Å²) in [5.41, 5.74) is 1.73. The molecule has 0 saturated carbocycles. The molecule has 0 bridgehead atoms. The highest BCUT2D eigenvalue weighted by atomic mass is 35.5. The second kappa shape index (κ2) is 8.30. The Morgan fingerprint density at radius 1 is 1.12 bits per heavy atom. The molecule has 9 heteroatoms. The van der Waals surface area contributed by atoms with E-state index in [1.54, 1.807) is 37.3 Å². The van der Waals surface area contributed by atoms with E-state index in [4.69, 9.17) is 11.6 Å². The number of nitro groups is 1. The van der Waals surface area contributed by atoms with E-state index in [0.29, 0.717) is 27.6 Å². The summed E-state index contributed by atoms with van der Waals surface area (Å²) in [5, 5.41) is 19.5. The Labute approximate surface area is 154 Å². The zero-order chi connectivity index (χ0) is 19.3. The molecule has 0 aliphatic carbocycles. The van der Waals surface area contributed by atoms with Gasteiger partial charge in [-0.1, -0.05) is 17.7 Å². The molecule has 0 saturated heterocycles. The van der Waals surface area contributed by atoms with Crippen LogP contribution in [0.3, 0.4) is 0 Å². The molecule has 2 aromatic carbocycles. The highest BCUT2D eigenvalue weighted by Gasteiger charge is 2.13. The number of anilines is 3. The fourth-order valence-corrected chi connectivity index (χ4v) is 2.40. The van der Waals surface area contributed by atoms with Crippen LogP contribution in [0.4, 0.5) is 22.7 Å². The molecule has 0 unspecified atom stereocenters. The van der Waals surface area contributed by atoms with Crippen LogP contribution < -0.4 is 16.0 Å². The van der Waals surface area contributed by atoms with Crippen molar-refractivity contribution in [3.05, 3.63) is 57.1 Å².